The predicted octanol–water partition coefficient (Wildman–Crippen LogP) is 2.68. The van der Waals surface area contributed by atoms with Gasteiger partial charge in [0.05, 0.1) is 13.2 Å². The van der Waals surface area contributed by atoms with Crippen LogP contribution < -0.4 is 4.74 Å². The molecule has 4 heteroatoms. The molecule has 0 bridgehead atoms. The van der Waals surface area contributed by atoms with E-state index in [1.165, 1.54) is 13.2 Å². The highest BCUT2D eigenvalue weighted by atomic mass is 19.1. The fourth-order valence-electron chi connectivity index (χ4n) is 1.62. The number of hydrogen-bond donors (Lipinski definition) is 1. The molecule has 1 N–H and O–H groups in total. The zero-order valence-corrected chi connectivity index (χ0v) is 10.3. The average molecular weight is 242 g/mol. The SMILES string of the molecule is CCOCCCC(O)c1cccc(OC)c1F. The Morgan fingerprint density at radius 1 is 1.41 bits per heavy atom. The third-order valence-electron chi connectivity index (χ3n) is 2.54. The summed E-state index contributed by atoms with van der Waals surface area (Å²) < 4.78 is 23.8. The molecule has 1 unspecified atom stereocenters. The van der Waals surface area contributed by atoms with E-state index < -0.39 is 11.9 Å². The van der Waals surface area contributed by atoms with E-state index in [2.05, 4.69) is 0 Å². The summed E-state index contributed by atoms with van der Waals surface area (Å²) >= 11 is 0. The number of halogens is 1. The van der Waals surface area contributed by atoms with Gasteiger partial charge in [-0.1, -0.05) is 12.1 Å². The Morgan fingerprint density at radius 2 is 2.18 bits per heavy atom. The van der Waals surface area contributed by atoms with Crippen molar-refractivity contribution in [2.75, 3.05) is 20.3 Å². The molecule has 1 aromatic rings. The summed E-state index contributed by atoms with van der Waals surface area (Å²) in [5.74, 6) is -0.328. The van der Waals surface area contributed by atoms with Crippen molar-refractivity contribution >= 4 is 0 Å². The highest BCUT2D eigenvalue weighted by Gasteiger charge is 2.15. The van der Waals surface area contributed by atoms with Crippen LogP contribution in [-0.4, -0.2) is 25.4 Å². The number of ether oxygens (including phenoxy) is 2. The van der Waals surface area contributed by atoms with Gasteiger partial charge in [-0.3, -0.25) is 0 Å². The number of aliphatic hydroxyl groups excluding tert-OH is 1. The number of rotatable bonds is 7. The Kier molecular flexibility index (Phi) is 5.94. The predicted molar refractivity (Wildman–Crippen MR) is 63.6 cm³/mol. The van der Waals surface area contributed by atoms with Gasteiger partial charge in [-0.15, -0.1) is 0 Å². The van der Waals surface area contributed by atoms with Crippen LogP contribution in [0.2, 0.25) is 0 Å². The van der Waals surface area contributed by atoms with Gasteiger partial charge in [0.2, 0.25) is 0 Å². The van der Waals surface area contributed by atoms with Crippen molar-refractivity contribution in [2.24, 2.45) is 0 Å². The minimum atomic E-state index is -0.814. The van der Waals surface area contributed by atoms with E-state index in [0.717, 1.165) is 0 Å². The quantitative estimate of drug-likeness (QED) is 0.747. The normalized spacial score (nSPS) is 12.5. The summed E-state index contributed by atoms with van der Waals surface area (Å²) in [7, 11) is 1.41. The molecule has 1 rings (SSSR count). The molecule has 0 aromatic heterocycles. The first-order chi connectivity index (χ1) is 8.20. The molecule has 17 heavy (non-hydrogen) atoms. The minimum Gasteiger partial charge on any atom is -0.494 e. The molecule has 96 valence electrons. The van der Waals surface area contributed by atoms with Gasteiger partial charge in [0.25, 0.3) is 0 Å². The van der Waals surface area contributed by atoms with Crippen molar-refractivity contribution < 1.29 is 19.0 Å². The van der Waals surface area contributed by atoms with Gasteiger partial charge in [0.15, 0.2) is 11.6 Å². The molecule has 0 radical (unpaired) electrons. The maximum absolute atomic E-state index is 13.8. The first-order valence-electron chi connectivity index (χ1n) is 5.78. The monoisotopic (exact) mass is 242 g/mol. The van der Waals surface area contributed by atoms with Crippen LogP contribution in [0.4, 0.5) is 4.39 Å². The van der Waals surface area contributed by atoms with Crippen molar-refractivity contribution in [3.8, 4) is 5.75 Å². The molecule has 0 saturated heterocycles. The zero-order valence-electron chi connectivity index (χ0n) is 10.3. The second kappa shape index (κ2) is 7.25. The maximum atomic E-state index is 13.8. The molecular formula is C13H19FO3. The van der Waals surface area contributed by atoms with Crippen molar-refractivity contribution in [2.45, 2.75) is 25.9 Å². The molecule has 1 atom stereocenters. The molecular weight excluding hydrogens is 223 g/mol. The number of benzene rings is 1. The second-order valence-electron chi connectivity index (χ2n) is 3.72. The Balaban J connectivity index is 2.59. The molecule has 0 aliphatic rings. The topological polar surface area (TPSA) is 38.7 Å². The number of methoxy groups -OCH3 is 1. The van der Waals surface area contributed by atoms with Gasteiger partial charge >= 0.3 is 0 Å². The lowest BCUT2D eigenvalue weighted by atomic mass is 10.0. The third kappa shape index (κ3) is 3.98. The molecule has 0 fully saturated rings. The van der Waals surface area contributed by atoms with E-state index >= 15 is 0 Å². The van der Waals surface area contributed by atoms with E-state index in [0.29, 0.717) is 26.1 Å². The summed E-state index contributed by atoms with van der Waals surface area (Å²) in [6, 6.07) is 4.78. The van der Waals surface area contributed by atoms with Crippen LogP contribution in [-0.2, 0) is 4.74 Å². The Labute approximate surface area is 101 Å². The lowest BCUT2D eigenvalue weighted by molar-refractivity contribution is 0.113. The Morgan fingerprint density at radius 3 is 2.82 bits per heavy atom. The van der Waals surface area contributed by atoms with Gasteiger partial charge in [-0.05, 0) is 25.8 Å². The number of hydrogen-bond acceptors (Lipinski definition) is 3. The van der Waals surface area contributed by atoms with Crippen LogP contribution in [0.25, 0.3) is 0 Å². The zero-order chi connectivity index (χ0) is 12.7. The highest BCUT2D eigenvalue weighted by molar-refractivity contribution is 5.32. The van der Waals surface area contributed by atoms with E-state index in [1.807, 2.05) is 6.92 Å². The highest BCUT2D eigenvalue weighted by Crippen LogP contribution is 2.27. The standard InChI is InChI=1S/C13H19FO3/c1-3-17-9-5-7-11(15)10-6-4-8-12(16-2)13(10)14/h4,6,8,11,15H,3,5,7,9H2,1-2H3. The molecule has 0 aliphatic carbocycles. The van der Waals surface area contributed by atoms with E-state index in [4.69, 9.17) is 9.47 Å². The minimum absolute atomic E-state index is 0.159. The van der Waals surface area contributed by atoms with Gasteiger partial charge in [0.1, 0.15) is 0 Å². The third-order valence-corrected chi connectivity index (χ3v) is 2.54. The van der Waals surface area contributed by atoms with E-state index in [-0.39, 0.29) is 11.3 Å². The van der Waals surface area contributed by atoms with Crippen LogP contribution in [0.3, 0.4) is 0 Å². The molecule has 3 nitrogen and oxygen atoms in total. The van der Waals surface area contributed by atoms with Crippen molar-refractivity contribution in [3.05, 3.63) is 29.6 Å². The first kappa shape index (κ1) is 13.9. The van der Waals surface area contributed by atoms with Crippen LogP contribution in [0, 0.1) is 5.82 Å². The Hall–Kier alpha value is -1.13. The van der Waals surface area contributed by atoms with Crippen LogP contribution in [0.5, 0.6) is 5.75 Å². The fourth-order valence-corrected chi connectivity index (χ4v) is 1.62. The van der Waals surface area contributed by atoms with Gasteiger partial charge in [-0.2, -0.15) is 0 Å². The lowest BCUT2D eigenvalue weighted by Gasteiger charge is -2.13. The van der Waals surface area contributed by atoms with Crippen molar-refractivity contribution in [3.63, 3.8) is 0 Å². The summed E-state index contributed by atoms with van der Waals surface area (Å²) in [4.78, 5) is 0. The molecule has 0 saturated carbocycles. The van der Waals surface area contributed by atoms with Crippen LogP contribution in [0.1, 0.15) is 31.4 Å². The summed E-state index contributed by atoms with van der Waals surface area (Å²) in [6.07, 6.45) is 0.362. The number of aliphatic hydroxyl groups is 1. The van der Waals surface area contributed by atoms with Crippen molar-refractivity contribution in [1.82, 2.24) is 0 Å². The molecule has 0 spiro atoms. The van der Waals surface area contributed by atoms with E-state index in [1.54, 1.807) is 12.1 Å². The lowest BCUT2D eigenvalue weighted by Crippen LogP contribution is -2.04. The molecule has 0 aliphatic heterocycles. The van der Waals surface area contributed by atoms with Gasteiger partial charge in [0, 0.05) is 18.8 Å². The molecule has 0 heterocycles. The average Bonchev–Trinajstić information content (AvgIpc) is 2.34. The first-order valence-corrected chi connectivity index (χ1v) is 5.78. The summed E-state index contributed by atoms with van der Waals surface area (Å²) in [5, 5.41) is 9.87. The van der Waals surface area contributed by atoms with Crippen LogP contribution >= 0.6 is 0 Å². The van der Waals surface area contributed by atoms with Gasteiger partial charge in [-0.25, -0.2) is 4.39 Å². The van der Waals surface area contributed by atoms with Crippen molar-refractivity contribution in [1.29, 1.82) is 0 Å². The molecule has 0 amide bonds. The summed E-state index contributed by atoms with van der Waals surface area (Å²) in [6.45, 7) is 3.15. The fraction of sp³-hybridized carbons (Fsp3) is 0.538. The van der Waals surface area contributed by atoms with E-state index in [9.17, 15) is 9.50 Å². The Bertz CT molecular complexity index is 341. The second-order valence-corrected chi connectivity index (χ2v) is 3.72. The molecule has 1 aromatic carbocycles. The smallest absolute Gasteiger partial charge is 0.170 e. The van der Waals surface area contributed by atoms with Gasteiger partial charge < -0.3 is 14.6 Å². The largest absolute Gasteiger partial charge is 0.494 e. The summed E-state index contributed by atoms with van der Waals surface area (Å²) in [5.41, 5.74) is 0.279. The maximum Gasteiger partial charge on any atom is 0.170 e. The van der Waals surface area contributed by atoms with Crippen LogP contribution in [0.15, 0.2) is 18.2 Å².